The number of hydrogen-bond donors (Lipinski definition) is 0. The summed E-state index contributed by atoms with van der Waals surface area (Å²) in [7, 11) is 0. The molecule has 0 amide bonds. The lowest BCUT2D eigenvalue weighted by Crippen LogP contribution is -1.98. The van der Waals surface area contributed by atoms with Crippen LogP contribution >= 0.6 is 23.4 Å². The van der Waals surface area contributed by atoms with Crippen molar-refractivity contribution in [3.63, 3.8) is 0 Å². The van der Waals surface area contributed by atoms with Crippen molar-refractivity contribution in [3.05, 3.63) is 46.4 Å². The Morgan fingerprint density at radius 3 is 2.63 bits per heavy atom. The van der Waals surface area contributed by atoms with Gasteiger partial charge in [0.1, 0.15) is 16.0 Å². The van der Waals surface area contributed by atoms with Gasteiger partial charge >= 0.3 is 0 Å². The van der Waals surface area contributed by atoms with E-state index >= 15 is 0 Å². The second-order valence-corrected chi connectivity index (χ2v) is 5.00. The summed E-state index contributed by atoms with van der Waals surface area (Å²) in [5.74, 6) is -1.51. The van der Waals surface area contributed by atoms with Crippen molar-refractivity contribution >= 4 is 29.6 Å². The van der Waals surface area contributed by atoms with Crippen molar-refractivity contribution in [2.45, 2.75) is 16.8 Å². The van der Waals surface area contributed by atoms with Crippen LogP contribution in [0.4, 0.5) is 8.78 Å². The molecule has 2 aromatic rings. The Balaban J connectivity index is 2.42. The molecule has 0 aliphatic carbocycles. The van der Waals surface area contributed by atoms with Crippen LogP contribution in [0.1, 0.15) is 16.2 Å². The molecule has 0 aliphatic heterocycles. The minimum atomic E-state index is -0.963. The van der Waals surface area contributed by atoms with Gasteiger partial charge in [0.15, 0.2) is 17.9 Å². The Morgan fingerprint density at radius 2 is 2.00 bits per heavy atom. The van der Waals surface area contributed by atoms with Gasteiger partial charge in [-0.25, -0.2) is 18.7 Å². The number of carbonyl (C=O) groups excluding carboxylic acids is 1. The van der Waals surface area contributed by atoms with E-state index in [-0.39, 0.29) is 10.7 Å². The molecule has 0 bridgehead atoms. The fraction of sp³-hybridized carbons (Fsp3) is 0.0833. The Morgan fingerprint density at radius 1 is 1.26 bits per heavy atom. The van der Waals surface area contributed by atoms with Gasteiger partial charge in [-0.2, -0.15) is 0 Å². The van der Waals surface area contributed by atoms with Crippen molar-refractivity contribution in [1.82, 2.24) is 9.97 Å². The molecule has 0 spiro atoms. The van der Waals surface area contributed by atoms with E-state index in [1.165, 1.54) is 6.07 Å². The lowest BCUT2D eigenvalue weighted by molar-refractivity contribution is 0.112. The van der Waals surface area contributed by atoms with E-state index in [9.17, 15) is 13.6 Å². The third-order valence-electron chi connectivity index (χ3n) is 2.20. The normalized spacial score (nSPS) is 10.5. The fourth-order valence-electron chi connectivity index (χ4n) is 1.35. The number of benzene rings is 1. The molecule has 0 radical (unpaired) electrons. The molecule has 2 rings (SSSR count). The summed E-state index contributed by atoms with van der Waals surface area (Å²) in [5.41, 5.74) is 0.127. The molecular formula is C12H7ClF2N2OS. The average Bonchev–Trinajstić information content (AvgIpc) is 2.33. The van der Waals surface area contributed by atoms with E-state index in [1.54, 1.807) is 6.92 Å². The summed E-state index contributed by atoms with van der Waals surface area (Å²) in [6.07, 6.45) is 0.532. The number of carbonyl (C=O) groups is 1. The third-order valence-corrected chi connectivity index (χ3v) is 3.48. The standard InChI is InChI=1S/C12H7ClF2N2OS/c1-6-16-11(13)8(5-18)12(17-6)19-7-2-3-9(14)10(15)4-7/h2-5H,1H3. The molecule has 98 valence electrons. The van der Waals surface area contributed by atoms with Gasteiger partial charge in [-0.15, -0.1) is 0 Å². The van der Waals surface area contributed by atoms with Gasteiger partial charge in [-0.3, -0.25) is 4.79 Å². The number of rotatable bonds is 3. The molecule has 1 heterocycles. The molecule has 7 heteroatoms. The number of hydrogen-bond acceptors (Lipinski definition) is 4. The summed E-state index contributed by atoms with van der Waals surface area (Å²) in [6.45, 7) is 1.62. The van der Waals surface area contributed by atoms with Crippen LogP contribution in [0.5, 0.6) is 0 Å². The molecule has 0 fully saturated rings. The third kappa shape index (κ3) is 3.08. The molecule has 0 aliphatic rings. The van der Waals surface area contributed by atoms with Gasteiger partial charge in [-0.05, 0) is 25.1 Å². The summed E-state index contributed by atoms with van der Waals surface area (Å²) in [5, 5.41) is 0.339. The quantitative estimate of drug-likeness (QED) is 0.640. The van der Waals surface area contributed by atoms with Gasteiger partial charge in [0, 0.05) is 4.90 Å². The first-order valence-corrected chi connectivity index (χ1v) is 6.33. The van der Waals surface area contributed by atoms with Crippen molar-refractivity contribution in [2.75, 3.05) is 0 Å². The maximum atomic E-state index is 13.1. The minimum absolute atomic E-state index is 0.0348. The fourth-order valence-corrected chi connectivity index (χ4v) is 2.62. The van der Waals surface area contributed by atoms with Crippen molar-refractivity contribution in [1.29, 1.82) is 0 Å². The summed E-state index contributed by atoms with van der Waals surface area (Å²) < 4.78 is 25.9. The molecular weight excluding hydrogens is 294 g/mol. The van der Waals surface area contributed by atoms with E-state index in [4.69, 9.17) is 11.6 Å². The highest BCUT2D eigenvalue weighted by Gasteiger charge is 2.13. The van der Waals surface area contributed by atoms with E-state index in [0.29, 0.717) is 22.0 Å². The van der Waals surface area contributed by atoms with Crippen molar-refractivity contribution in [3.8, 4) is 0 Å². The molecule has 0 atom stereocenters. The van der Waals surface area contributed by atoms with Crippen LogP contribution in [0.25, 0.3) is 0 Å². The largest absolute Gasteiger partial charge is 0.298 e. The zero-order chi connectivity index (χ0) is 14.0. The van der Waals surface area contributed by atoms with Crippen molar-refractivity contribution in [2.24, 2.45) is 0 Å². The van der Waals surface area contributed by atoms with Gasteiger partial charge in [0.2, 0.25) is 0 Å². The van der Waals surface area contributed by atoms with E-state index in [2.05, 4.69) is 9.97 Å². The Bertz CT molecular complexity index is 652. The summed E-state index contributed by atoms with van der Waals surface area (Å²) in [6, 6.07) is 3.43. The molecule has 0 saturated heterocycles. The van der Waals surface area contributed by atoms with Crippen LogP contribution in [-0.4, -0.2) is 16.3 Å². The lowest BCUT2D eigenvalue weighted by atomic mass is 10.3. The topological polar surface area (TPSA) is 42.9 Å². The molecule has 1 aromatic carbocycles. The maximum Gasteiger partial charge on any atom is 0.159 e. The van der Waals surface area contributed by atoms with Crippen LogP contribution in [0.3, 0.4) is 0 Å². The minimum Gasteiger partial charge on any atom is -0.298 e. The van der Waals surface area contributed by atoms with E-state index in [0.717, 1.165) is 23.9 Å². The van der Waals surface area contributed by atoms with Gasteiger partial charge in [0.05, 0.1) is 5.56 Å². The zero-order valence-corrected chi connectivity index (χ0v) is 11.2. The summed E-state index contributed by atoms with van der Waals surface area (Å²) >= 11 is 6.84. The SMILES string of the molecule is Cc1nc(Cl)c(C=O)c(Sc2ccc(F)c(F)c2)n1. The first-order valence-electron chi connectivity index (χ1n) is 5.13. The number of aldehydes is 1. The second-order valence-electron chi connectivity index (χ2n) is 3.58. The highest BCUT2D eigenvalue weighted by Crippen LogP contribution is 2.31. The van der Waals surface area contributed by atoms with Crippen LogP contribution in [0.2, 0.25) is 5.15 Å². The van der Waals surface area contributed by atoms with E-state index < -0.39 is 11.6 Å². The van der Waals surface area contributed by atoms with Gasteiger partial charge in [0.25, 0.3) is 0 Å². The first kappa shape index (κ1) is 13.9. The molecule has 0 saturated carbocycles. The van der Waals surface area contributed by atoms with Crippen LogP contribution in [0.15, 0.2) is 28.1 Å². The first-order chi connectivity index (χ1) is 9.01. The Kier molecular flexibility index (Phi) is 4.11. The van der Waals surface area contributed by atoms with Crippen LogP contribution < -0.4 is 0 Å². The predicted molar refractivity (Wildman–Crippen MR) is 67.6 cm³/mol. The van der Waals surface area contributed by atoms with Gasteiger partial charge < -0.3 is 0 Å². The average molecular weight is 301 g/mol. The van der Waals surface area contributed by atoms with Gasteiger partial charge in [-0.1, -0.05) is 23.4 Å². The lowest BCUT2D eigenvalue weighted by Gasteiger charge is -2.06. The molecule has 3 nitrogen and oxygen atoms in total. The Labute approximate surface area is 117 Å². The Hall–Kier alpha value is -1.53. The highest BCUT2D eigenvalue weighted by atomic mass is 35.5. The smallest absolute Gasteiger partial charge is 0.159 e. The number of nitrogens with zero attached hydrogens (tertiary/aromatic N) is 2. The second kappa shape index (κ2) is 5.63. The molecule has 0 unspecified atom stereocenters. The highest BCUT2D eigenvalue weighted by molar-refractivity contribution is 7.99. The summed E-state index contributed by atoms with van der Waals surface area (Å²) in [4.78, 5) is 19.3. The van der Waals surface area contributed by atoms with Crippen LogP contribution in [-0.2, 0) is 0 Å². The molecule has 19 heavy (non-hydrogen) atoms. The van der Waals surface area contributed by atoms with Crippen molar-refractivity contribution < 1.29 is 13.6 Å². The van der Waals surface area contributed by atoms with Crippen LogP contribution in [0, 0.1) is 18.6 Å². The molecule has 0 N–H and O–H groups in total. The zero-order valence-electron chi connectivity index (χ0n) is 9.65. The number of aromatic nitrogens is 2. The number of halogens is 3. The molecule has 1 aromatic heterocycles. The number of aryl methyl sites for hydroxylation is 1. The monoisotopic (exact) mass is 300 g/mol. The maximum absolute atomic E-state index is 13.1. The van der Waals surface area contributed by atoms with E-state index in [1.807, 2.05) is 0 Å². The predicted octanol–water partition coefficient (Wildman–Crippen LogP) is 3.68.